The predicted octanol–water partition coefficient (Wildman–Crippen LogP) is 6.13. The predicted molar refractivity (Wildman–Crippen MR) is 132 cm³/mol. The first-order valence-electron chi connectivity index (χ1n) is 11.4. The second-order valence-corrected chi connectivity index (χ2v) is 8.43. The molecule has 0 aliphatic carbocycles. The van der Waals surface area contributed by atoms with Crippen molar-refractivity contribution >= 4 is 22.8 Å². The monoisotopic (exact) mass is 437 g/mol. The van der Waals surface area contributed by atoms with Crippen LogP contribution in [0.1, 0.15) is 47.0 Å². The third-order valence-corrected chi connectivity index (χ3v) is 6.20. The molecule has 5 rings (SSSR count). The number of allylic oxidation sites excluding steroid dienone is 1. The fraction of sp³-hybridized carbons (Fsp3) is 0.214. The minimum absolute atomic E-state index is 0.486. The van der Waals surface area contributed by atoms with E-state index in [4.69, 9.17) is 14.9 Å². The Labute approximate surface area is 193 Å². The second-order valence-electron chi connectivity index (χ2n) is 8.43. The number of aromatic nitrogens is 2. The Morgan fingerprint density at radius 1 is 1.09 bits per heavy atom. The van der Waals surface area contributed by atoms with E-state index < -0.39 is 0 Å². The van der Waals surface area contributed by atoms with Crippen molar-refractivity contribution in [2.45, 2.75) is 39.8 Å². The molecule has 0 amide bonds. The van der Waals surface area contributed by atoms with E-state index in [1.807, 2.05) is 30.3 Å². The fourth-order valence-electron chi connectivity index (χ4n) is 4.64. The van der Waals surface area contributed by atoms with Crippen LogP contribution in [-0.4, -0.2) is 21.0 Å². The largest absolute Gasteiger partial charge is 0.488 e. The van der Waals surface area contributed by atoms with E-state index in [0.29, 0.717) is 6.61 Å². The van der Waals surface area contributed by atoms with Crippen LogP contribution in [-0.2, 0) is 19.6 Å². The molecule has 3 aromatic carbocycles. The van der Waals surface area contributed by atoms with Gasteiger partial charge in [-0.05, 0) is 65.4 Å². The van der Waals surface area contributed by atoms with Gasteiger partial charge in [0, 0.05) is 18.5 Å². The zero-order valence-corrected chi connectivity index (χ0v) is 19.0. The molecule has 0 unspecified atom stereocenters. The molecule has 0 saturated heterocycles. The number of imidazole rings is 1. The number of oxime groups is 1. The quantitative estimate of drug-likeness (QED) is 0.232. The molecule has 2 heterocycles. The second kappa shape index (κ2) is 8.94. The van der Waals surface area contributed by atoms with Crippen molar-refractivity contribution in [2.75, 3.05) is 0 Å². The molecule has 1 aliphatic rings. The van der Waals surface area contributed by atoms with E-state index in [1.165, 1.54) is 22.9 Å². The molecule has 0 fully saturated rings. The van der Waals surface area contributed by atoms with Crippen molar-refractivity contribution in [3.8, 4) is 5.75 Å². The maximum atomic E-state index is 9.01. The van der Waals surface area contributed by atoms with E-state index in [1.54, 1.807) is 0 Å². The van der Waals surface area contributed by atoms with Crippen LogP contribution in [0, 0.1) is 6.92 Å². The third kappa shape index (κ3) is 3.91. The summed E-state index contributed by atoms with van der Waals surface area (Å²) in [5, 5.41) is 12.2. The molecule has 1 aromatic heterocycles. The Bertz CT molecular complexity index is 1380. The molecule has 5 heteroatoms. The Kier molecular flexibility index (Phi) is 5.69. The zero-order valence-electron chi connectivity index (χ0n) is 19.0. The standard InChI is InChI=1S/C28H27N3O2/c1-3-7-27-30-28-19(2)8-6-10-25(28)31(27)17-20-12-13-22-21(16-20)18-33-26-11-5-4-9-24(26)23(22)14-15-29-32/h4-6,8-16,32H,3,7,17-18H2,1-2H3/b23-14-,29-15+. The van der Waals surface area contributed by atoms with Crippen LogP contribution in [0.25, 0.3) is 16.6 Å². The maximum Gasteiger partial charge on any atom is 0.127 e. The van der Waals surface area contributed by atoms with Crippen LogP contribution in [0.4, 0.5) is 0 Å². The summed E-state index contributed by atoms with van der Waals surface area (Å²) < 4.78 is 8.50. The number of hydrogen-bond donors (Lipinski definition) is 1. The van der Waals surface area contributed by atoms with Gasteiger partial charge in [-0.15, -0.1) is 0 Å². The highest BCUT2D eigenvalue weighted by Gasteiger charge is 2.20. The minimum atomic E-state index is 0.486. The van der Waals surface area contributed by atoms with Gasteiger partial charge in [0.25, 0.3) is 0 Å². The summed E-state index contributed by atoms with van der Waals surface area (Å²) in [4.78, 5) is 4.96. The fourth-order valence-corrected chi connectivity index (χ4v) is 4.64. The SMILES string of the molecule is CCCc1nc2c(C)cccc2n1Cc1ccc2c(c1)COc1ccccc1/C2=C\C=N\O. The molecule has 0 atom stereocenters. The van der Waals surface area contributed by atoms with Crippen LogP contribution < -0.4 is 4.74 Å². The number of nitrogens with zero attached hydrogens (tertiary/aromatic N) is 3. The van der Waals surface area contributed by atoms with Gasteiger partial charge in [0.1, 0.15) is 18.2 Å². The molecule has 0 saturated carbocycles. The smallest absolute Gasteiger partial charge is 0.127 e. The first kappa shape index (κ1) is 21.0. The summed E-state index contributed by atoms with van der Waals surface area (Å²) in [6.45, 7) is 5.56. The molecule has 0 radical (unpaired) electrons. The Balaban J connectivity index is 1.58. The molecule has 5 nitrogen and oxygen atoms in total. The minimum Gasteiger partial charge on any atom is -0.488 e. The number of hydrogen-bond acceptors (Lipinski definition) is 4. The highest BCUT2D eigenvalue weighted by Crippen LogP contribution is 2.37. The van der Waals surface area contributed by atoms with E-state index in [2.05, 4.69) is 60.0 Å². The van der Waals surface area contributed by atoms with Crippen LogP contribution >= 0.6 is 0 Å². The Morgan fingerprint density at radius 2 is 1.97 bits per heavy atom. The lowest BCUT2D eigenvalue weighted by Crippen LogP contribution is -2.06. The third-order valence-electron chi connectivity index (χ3n) is 6.20. The molecule has 0 bridgehead atoms. The summed E-state index contributed by atoms with van der Waals surface area (Å²) in [5.74, 6) is 1.95. The number of ether oxygens (including phenoxy) is 1. The van der Waals surface area contributed by atoms with Gasteiger partial charge in [0.15, 0.2) is 0 Å². The number of para-hydroxylation sites is 2. The molecule has 1 N–H and O–H groups in total. The van der Waals surface area contributed by atoms with Crippen molar-refractivity contribution in [3.05, 3.63) is 100 Å². The van der Waals surface area contributed by atoms with Crippen molar-refractivity contribution in [1.29, 1.82) is 0 Å². The first-order valence-corrected chi connectivity index (χ1v) is 11.4. The van der Waals surface area contributed by atoms with E-state index in [9.17, 15) is 0 Å². The van der Waals surface area contributed by atoms with Gasteiger partial charge in [-0.1, -0.05) is 54.5 Å². The highest BCUT2D eigenvalue weighted by atomic mass is 16.5. The number of fused-ring (bicyclic) bond motifs is 3. The average Bonchev–Trinajstić information content (AvgIpc) is 3.09. The molecule has 166 valence electrons. The number of rotatable bonds is 5. The van der Waals surface area contributed by atoms with Gasteiger partial charge in [-0.25, -0.2) is 4.98 Å². The Morgan fingerprint density at radius 3 is 2.82 bits per heavy atom. The van der Waals surface area contributed by atoms with Crippen LogP contribution in [0.5, 0.6) is 5.75 Å². The molecule has 0 spiro atoms. The van der Waals surface area contributed by atoms with Crippen LogP contribution in [0.3, 0.4) is 0 Å². The normalized spacial score (nSPS) is 14.3. The van der Waals surface area contributed by atoms with Crippen LogP contribution in [0.15, 0.2) is 71.9 Å². The lowest BCUT2D eigenvalue weighted by molar-refractivity contribution is 0.307. The maximum absolute atomic E-state index is 9.01. The summed E-state index contributed by atoms with van der Waals surface area (Å²) in [6, 6.07) is 20.9. The molecule has 1 aliphatic heterocycles. The number of benzene rings is 3. The Hall–Kier alpha value is -3.86. The lowest BCUT2D eigenvalue weighted by atomic mass is 9.93. The van der Waals surface area contributed by atoms with Crippen molar-refractivity contribution in [1.82, 2.24) is 9.55 Å². The van der Waals surface area contributed by atoms with Gasteiger partial charge in [0.2, 0.25) is 0 Å². The summed E-state index contributed by atoms with van der Waals surface area (Å²) in [6.07, 6.45) is 5.24. The molecular formula is C28H27N3O2. The van der Waals surface area contributed by atoms with Gasteiger partial charge in [0.05, 0.1) is 17.2 Å². The van der Waals surface area contributed by atoms with E-state index >= 15 is 0 Å². The highest BCUT2D eigenvalue weighted by molar-refractivity contribution is 5.94. The van der Waals surface area contributed by atoms with E-state index in [-0.39, 0.29) is 0 Å². The van der Waals surface area contributed by atoms with Crippen molar-refractivity contribution in [2.24, 2.45) is 5.16 Å². The van der Waals surface area contributed by atoms with Gasteiger partial charge < -0.3 is 14.5 Å². The van der Waals surface area contributed by atoms with Crippen molar-refractivity contribution < 1.29 is 9.94 Å². The lowest BCUT2D eigenvalue weighted by Gasteiger charge is -2.13. The topological polar surface area (TPSA) is 59.6 Å². The zero-order chi connectivity index (χ0) is 22.8. The summed E-state index contributed by atoms with van der Waals surface area (Å²) in [7, 11) is 0. The molecular weight excluding hydrogens is 410 g/mol. The van der Waals surface area contributed by atoms with Crippen LogP contribution in [0.2, 0.25) is 0 Å². The first-order chi connectivity index (χ1) is 16.2. The van der Waals surface area contributed by atoms with Gasteiger partial charge in [-0.2, -0.15) is 0 Å². The van der Waals surface area contributed by atoms with Gasteiger partial charge >= 0.3 is 0 Å². The molecule has 4 aromatic rings. The summed E-state index contributed by atoms with van der Waals surface area (Å²) >= 11 is 0. The molecule has 33 heavy (non-hydrogen) atoms. The number of aryl methyl sites for hydroxylation is 2. The van der Waals surface area contributed by atoms with E-state index in [0.717, 1.165) is 58.7 Å². The van der Waals surface area contributed by atoms with Crippen molar-refractivity contribution in [3.63, 3.8) is 0 Å². The average molecular weight is 438 g/mol. The summed E-state index contributed by atoms with van der Waals surface area (Å²) in [5.41, 5.74) is 8.85. The van der Waals surface area contributed by atoms with Gasteiger partial charge in [-0.3, -0.25) is 0 Å².